The number of hydrogen-bond donors (Lipinski definition) is 0. The molecule has 0 aliphatic heterocycles. The first kappa shape index (κ1) is 33.2. The number of rotatable bonds is 10. The summed E-state index contributed by atoms with van der Waals surface area (Å²) in [7, 11) is 9.87. The van der Waals surface area contributed by atoms with Crippen LogP contribution in [0.3, 0.4) is 0 Å². The van der Waals surface area contributed by atoms with Crippen molar-refractivity contribution in [3.63, 3.8) is 0 Å². The van der Waals surface area contributed by atoms with Gasteiger partial charge in [-0.25, -0.2) is 0 Å². The summed E-state index contributed by atoms with van der Waals surface area (Å²) in [5, 5.41) is 5.30. The molecule has 1 radical (unpaired) electrons. The van der Waals surface area contributed by atoms with E-state index in [0.29, 0.717) is 0 Å². The molecule has 3 heteroatoms. The maximum atomic E-state index is 4.93. The molecule has 6 aromatic carbocycles. The summed E-state index contributed by atoms with van der Waals surface area (Å²) in [6.45, 7) is 4.60. The third-order valence-electron chi connectivity index (χ3n) is 9.41. The Kier molecular flexibility index (Phi) is 11.5. The van der Waals surface area contributed by atoms with Gasteiger partial charge in [0.25, 0.3) is 0 Å². The topological polar surface area (TPSA) is 0 Å². The van der Waals surface area contributed by atoms with Crippen LogP contribution in [-0.4, -0.2) is 0 Å². The van der Waals surface area contributed by atoms with Crippen LogP contribution in [0.25, 0.3) is 54.9 Å². The molecule has 0 saturated heterocycles. The molecular weight excluding hydrogens is 679 g/mol. The Labute approximate surface area is 293 Å². The van der Waals surface area contributed by atoms with Crippen molar-refractivity contribution < 1.29 is 20.8 Å². The van der Waals surface area contributed by atoms with Gasteiger partial charge < -0.3 is 0 Å². The number of halogens is 2. The molecule has 0 heterocycles. The van der Waals surface area contributed by atoms with Gasteiger partial charge in [0, 0.05) is 6.42 Å². The van der Waals surface area contributed by atoms with Crippen molar-refractivity contribution in [3.8, 4) is 33.4 Å². The van der Waals surface area contributed by atoms with Crippen LogP contribution < -0.4 is 0 Å². The molecule has 0 bridgehead atoms. The van der Waals surface area contributed by atoms with Crippen LogP contribution >= 0.6 is 17.0 Å². The first-order valence-corrected chi connectivity index (χ1v) is 23.1. The van der Waals surface area contributed by atoms with Crippen LogP contribution in [0, 0.1) is 6.42 Å². The Hall–Kier alpha value is -2.70. The van der Waals surface area contributed by atoms with Gasteiger partial charge in [-0.1, -0.05) is 137 Å². The second-order valence-corrected chi connectivity index (χ2v) is 16.1. The zero-order valence-electron chi connectivity index (χ0n) is 26.9. The first-order valence-electron chi connectivity index (χ1n) is 16.8. The third-order valence-corrected chi connectivity index (χ3v) is 9.41. The molecule has 7 rings (SSSR count). The molecule has 0 amide bonds. The summed E-state index contributed by atoms with van der Waals surface area (Å²) >= 11 is -0.826. The molecule has 0 atom stereocenters. The van der Waals surface area contributed by atoms with Gasteiger partial charge in [-0.05, 0) is 115 Å². The summed E-state index contributed by atoms with van der Waals surface area (Å²) < 4.78 is 0. The molecule has 1 aliphatic rings. The standard InChI is InChI=1S/C43H41.2ClH.Zr/c1-3-5-7-17-32-26-42-34(28-40(32)38-23-13-19-30-15-9-11-21-36(30)38)25-35-29-41(33(27-43(35)42)18-8-6-4-2)39-24-14-20-31-16-10-12-22-37(31)39;;;/h9-16,19-29H,3-8,17-18H2,1-2H3;2*1H;/q;;;+2/p-2. The van der Waals surface area contributed by atoms with Crippen LogP contribution in [0.15, 0.2) is 109 Å². The Balaban J connectivity index is 0.00000119. The zero-order valence-corrected chi connectivity index (χ0v) is 30.9. The van der Waals surface area contributed by atoms with Gasteiger partial charge in [-0.3, -0.25) is 0 Å². The monoisotopic (exact) mass is 717 g/mol. The minimum atomic E-state index is -0.826. The minimum absolute atomic E-state index is 0.826. The van der Waals surface area contributed by atoms with E-state index in [-0.39, 0.29) is 0 Å². The van der Waals surface area contributed by atoms with Crippen molar-refractivity contribution >= 4 is 38.6 Å². The first-order chi connectivity index (χ1) is 22.7. The van der Waals surface area contributed by atoms with E-state index in [0.717, 1.165) is 12.8 Å². The number of unbranched alkanes of at least 4 members (excludes halogenated alkanes) is 4. The molecule has 6 aromatic rings. The van der Waals surface area contributed by atoms with Gasteiger partial charge in [-0.2, -0.15) is 0 Å². The SMILES string of the molecule is CCCCCc1cc2c(cc1-c1cccc3ccccc13)[CH]c1cc(-c3cccc4ccccc34)c(CCCCC)cc1-2.[Cl][Zr][Cl]. The fourth-order valence-electron chi connectivity index (χ4n) is 7.16. The number of aryl methyl sites for hydroxylation is 2. The molecule has 0 spiro atoms. The molecule has 1 aliphatic carbocycles. The summed E-state index contributed by atoms with van der Waals surface area (Å²) in [6.07, 6.45) is 12.2. The molecular formula is C43H41Cl2Zr. The quantitative estimate of drug-likeness (QED) is 0.123. The third kappa shape index (κ3) is 7.09. The van der Waals surface area contributed by atoms with Gasteiger partial charge in [0.05, 0.1) is 0 Å². The second-order valence-electron chi connectivity index (χ2n) is 12.4. The van der Waals surface area contributed by atoms with Crippen molar-refractivity contribution in [2.24, 2.45) is 0 Å². The van der Waals surface area contributed by atoms with E-state index in [4.69, 9.17) is 17.0 Å². The van der Waals surface area contributed by atoms with Gasteiger partial charge in [0.2, 0.25) is 0 Å². The predicted molar refractivity (Wildman–Crippen MR) is 198 cm³/mol. The Morgan fingerprint density at radius 2 is 0.870 bits per heavy atom. The summed E-state index contributed by atoms with van der Waals surface area (Å²) in [4.78, 5) is 0. The number of hydrogen-bond acceptors (Lipinski definition) is 0. The number of fused-ring (bicyclic) bond motifs is 5. The summed E-state index contributed by atoms with van der Waals surface area (Å²) in [5.41, 5.74) is 14.0. The molecule has 231 valence electrons. The van der Waals surface area contributed by atoms with Crippen LogP contribution in [-0.2, 0) is 33.7 Å². The van der Waals surface area contributed by atoms with Gasteiger partial charge in [-0.15, -0.1) is 0 Å². The molecule has 0 N–H and O–H groups in total. The molecule has 0 nitrogen and oxygen atoms in total. The van der Waals surface area contributed by atoms with Crippen LogP contribution in [0.1, 0.15) is 74.6 Å². The average Bonchev–Trinajstić information content (AvgIpc) is 3.44. The van der Waals surface area contributed by atoms with E-state index < -0.39 is 20.8 Å². The van der Waals surface area contributed by atoms with Crippen molar-refractivity contribution in [2.75, 3.05) is 0 Å². The van der Waals surface area contributed by atoms with E-state index in [1.54, 1.807) is 0 Å². The van der Waals surface area contributed by atoms with Crippen molar-refractivity contribution in [3.05, 3.63) is 138 Å². The van der Waals surface area contributed by atoms with E-state index in [2.05, 4.69) is 129 Å². The normalized spacial score (nSPS) is 11.7. The van der Waals surface area contributed by atoms with Crippen LogP contribution in [0.4, 0.5) is 0 Å². The van der Waals surface area contributed by atoms with E-state index >= 15 is 0 Å². The van der Waals surface area contributed by atoms with Gasteiger partial charge >= 0.3 is 37.9 Å². The van der Waals surface area contributed by atoms with E-state index in [1.807, 2.05) is 0 Å². The Bertz CT molecular complexity index is 1810. The van der Waals surface area contributed by atoms with Gasteiger partial charge in [0.15, 0.2) is 0 Å². The molecule has 46 heavy (non-hydrogen) atoms. The molecule has 0 aromatic heterocycles. The average molecular weight is 720 g/mol. The summed E-state index contributed by atoms with van der Waals surface area (Å²) in [6, 6.07) is 41.3. The number of benzene rings is 6. The van der Waals surface area contributed by atoms with E-state index in [9.17, 15) is 0 Å². The molecule has 0 saturated carbocycles. The van der Waals surface area contributed by atoms with E-state index in [1.165, 1.54) is 116 Å². The maximum absolute atomic E-state index is 4.93. The second kappa shape index (κ2) is 15.9. The predicted octanol–water partition coefficient (Wildman–Crippen LogP) is 13.7. The fourth-order valence-corrected chi connectivity index (χ4v) is 7.16. The van der Waals surface area contributed by atoms with Crippen molar-refractivity contribution in [1.29, 1.82) is 0 Å². The zero-order chi connectivity index (χ0) is 31.9. The fraction of sp³-hybridized carbons (Fsp3) is 0.233. The Morgan fingerprint density at radius 3 is 1.30 bits per heavy atom. The van der Waals surface area contributed by atoms with Gasteiger partial charge in [0.1, 0.15) is 0 Å². The Morgan fingerprint density at radius 1 is 0.457 bits per heavy atom. The van der Waals surface area contributed by atoms with Crippen molar-refractivity contribution in [1.82, 2.24) is 0 Å². The molecule has 0 fully saturated rings. The van der Waals surface area contributed by atoms with Crippen LogP contribution in [0.5, 0.6) is 0 Å². The van der Waals surface area contributed by atoms with Crippen molar-refractivity contribution in [2.45, 2.75) is 65.2 Å². The molecule has 0 unspecified atom stereocenters. The summed E-state index contributed by atoms with van der Waals surface area (Å²) in [5.74, 6) is 0. The van der Waals surface area contributed by atoms with Crippen LogP contribution in [0.2, 0.25) is 0 Å².